The maximum absolute atomic E-state index is 12.5. The van der Waals surface area contributed by atoms with Gasteiger partial charge in [0.05, 0.1) is 0 Å². The number of alkyl halides is 3. The molecule has 0 unspecified atom stereocenters. The van der Waals surface area contributed by atoms with Crippen LogP contribution in [0.2, 0.25) is 0 Å². The topological polar surface area (TPSA) is 24.4 Å². The van der Waals surface area contributed by atoms with Crippen molar-refractivity contribution in [2.45, 2.75) is 25.9 Å². The van der Waals surface area contributed by atoms with Gasteiger partial charge in [-0.3, -0.25) is 4.99 Å². The number of unbranched alkanes of at least 4 members (excludes halogenated alkanes) is 1. The Morgan fingerprint density at radius 2 is 2.07 bits per heavy atom. The Morgan fingerprint density at radius 3 is 2.40 bits per heavy atom. The summed E-state index contributed by atoms with van der Waals surface area (Å²) in [6.45, 7) is 5.17. The molecule has 0 bridgehead atoms. The van der Waals surface area contributed by atoms with Crippen LogP contribution in [0.1, 0.15) is 19.8 Å². The molecule has 0 saturated heterocycles. The van der Waals surface area contributed by atoms with E-state index in [9.17, 15) is 13.2 Å². The molecule has 0 saturated carbocycles. The summed E-state index contributed by atoms with van der Waals surface area (Å²) in [6, 6.07) is 0. The second-order valence-corrected chi connectivity index (χ2v) is 2.84. The van der Waals surface area contributed by atoms with Gasteiger partial charge in [-0.15, -0.1) is 0 Å². The summed E-state index contributed by atoms with van der Waals surface area (Å²) in [5.74, 6) is 0.106. The first-order valence-corrected chi connectivity index (χ1v) is 4.59. The number of hydrogen-bond donors (Lipinski definition) is 1. The molecule has 0 fully saturated rings. The van der Waals surface area contributed by atoms with Gasteiger partial charge in [-0.1, -0.05) is 26.0 Å². The maximum Gasteiger partial charge on any atom is 0.430 e. The summed E-state index contributed by atoms with van der Waals surface area (Å²) in [4.78, 5) is 3.61. The van der Waals surface area contributed by atoms with Crippen LogP contribution in [0.4, 0.5) is 13.2 Å². The second-order valence-electron chi connectivity index (χ2n) is 2.84. The van der Waals surface area contributed by atoms with E-state index in [0.29, 0.717) is 12.8 Å². The quantitative estimate of drug-likeness (QED) is 0.571. The van der Waals surface area contributed by atoms with E-state index in [4.69, 9.17) is 0 Å². The molecule has 86 valence electrons. The van der Waals surface area contributed by atoms with Gasteiger partial charge in [0.15, 0.2) is 0 Å². The molecule has 0 aromatic rings. The molecule has 15 heavy (non-hydrogen) atoms. The van der Waals surface area contributed by atoms with Crippen LogP contribution in [0.25, 0.3) is 0 Å². The van der Waals surface area contributed by atoms with Crippen LogP contribution in [-0.2, 0) is 0 Å². The molecular weight excluding hydrogens is 205 g/mol. The Kier molecular flexibility index (Phi) is 5.74. The Hall–Kier alpha value is -1.26. The number of rotatable bonds is 4. The molecular formula is C10H15F3N2. The third kappa shape index (κ3) is 5.24. The summed E-state index contributed by atoms with van der Waals surface area (Å²) in [5.41, 5.74) is -0.787. The van der Waals surface area contributed by atoms with Gasteiger partial charge >= 0.3 is 6.18 Å². The van der Waals surface area contributed by atoms with Crippen molar-refractivity contribution in [2.75, 3.05) is 7.05 Å². The van der Waals surface area contributed by atoms with Gasteiger partial charge in [-0.05, 0) is 12.5 Å². The summed E-state index contributed by atoms with van der Waals surface area (Å²) >= 11 is 0. The van der Waals surface area contributed by atoms with Gasteiger partial charge in [0.2, 0.25) is 0 Å². The smallest absolute Gasteiger partial charge is 0.337 e. The zero-order chi connectivity index (χ0) is 11.9. The summed E-state index contributed by atoms with van der Waals surface area (Å²) < 4.78 is 37.4. The van der Waals surface area contributed by atoms with E-state index in [1.165, 1.54) is 13.1 Å². The third-order valence-electron chi connectivity index (χ3n) is 1.64. The average molecular weight is 220 g/mol. The lowest BCUT2D eigenvalue weighted by molar-refractivity contribution is -0.0951. The minimum absolute atomic E-state index is 0.106. The van der Waals surface area contributed by atoms with Crippen LogP contribution in [0, 0.1) is 0 Å². The highest BCUT2D eigenvalue weighted by molar-refractivity contribution is 5.93. The summed E-state index contributed by atoms with van der Waals surface area (Å²) in [6.07, 6.45) is -0.988. The van der Waals surface area contributed by atoms with Crippen molar-refractivity contribution in [3.63, 3.8) is 0 Å². The number of nitrogens with zero attached hydrogens (tertiary/aromatic N) is 1. The maximum atomic E-state index is 12.5. The first-order valence-electron chi connectivity index (χ1n) is 4.59. The van der Waals surface area contributed by atoms with E-state index >= 15 is 0 Å². The predicted octanol–water partition coefficient (Wildman–Crippen LogP) is 3.04. The average Bonchev–Trinajstić information content (AvgIpc) is 2.16. The fraction of sp³-hybridized carbons (Fsp3) is 0.500. The van der Waals surface area contributed by atoms with Crippen LogP contribution in [0.5, 0.6) is 0 Å². The van der Waals surface area contributed by atoms with Gasteiger partial charge < -0.3 is 5.32 Å². The third-order valence-corrected chi connectivity index (χ3v) is 1.64. The van der Waals surface area contributed by atoms with E-state index in [2.05, 4.69) is 16.9 Å². The highest BCUT2D eigenvalue weighted by Crippen LogP contribution is 2.24. The van der Waals surface area contributed by atoms with E-state index in [-0.39, 0.29) is 5.84 Å². The van der Waals surface area contributed by atoms with Crippen LogP contribution in [-0.4, -0.2) is 19.1 Å². The summed E-state index contributed by atoms with van der Waals surface area (Å²) in [5, 5.41) is 2.20. The van der Waals surface area contributed by atoms with Crippen LogP contribution in [0.3, 0.4) is 0 Å². The van der Waals surface area contributed by atoms with Gasteiger partial charge in [0, 0.05) is 7.05 Å². The first kappa shape index (κ1) is 13.7. The lowest BCUT2D eigenvalue weighted by atomic mass is 10.2. The molecule has 1 N–H and O–H groups in total. The van der Waals surface area contributed by atoms with E-state index in [1.54, 1.807) is 0 Å². The molecule has 0 atom stereocenters. The number of aliphatic imine (C=N–C) groups is 1. The predicted molar refractivity (Wildman–Crippen MR) is 55.7 cm³/mol. The molecule has 0 aliphatic carbocycles. The summed E-state index contributed by atoms with van der Waals surface area (Å²) in [7, 11) is 1.40. The zero-order valence-corrected chi connectivity index (χ0v) is 8.86. The molecule has 0 spiro atoms. The van der Waals surface area contributed by atoms with Gasteiger partial charge in [0.25, 0.3) is 0 Å². The SMILES string of the molecule is C=CC(=NC)N/C(=C\CCC)C(F)(F)F. The van der Waals surface area contributed by atoms with Gasteiger partial charge in [-0.2, -0.15) is 13.2 Å². The Labute approximate surface area is 87.6 Å². The highest BCUT2D eigenvalue weighted by Gasteiger charge is 2.33. The zero-order valence-electron chi connectivity index (χ0n) is 8.86. The van der Waals surface area contributed by atoms with E-state index in [0.717, 1.165) is 6.08 Å². The minimum Gasteiger partial charge on any atom is -0.337 e. The molecule has 0 radical (unpaired) electrons. The Bertz CT molecular complexity index is 264. The van der Waals surface area contributed by atoms with Crippen molar-refractivity contribution < 1.29 is 13.2 Å². The Morgan fingerprint density at radius 1 is 1.47 bits per heavy atom. The van der Waals surface area contributed by atoms with Crippen LogP contribution < -0.4 is 5.32 Å². The molecule has 0 aliphatic heterocycles. The normalized spacial score (nSPS) is 13.9. The molecule has 2 nitrogen and oxygen atoms in total. The van der Waals surface area contributed by atoms with Crippen molar-refractivity contribution in [3.8, 4) is 0 Å². The molecule has 0 rings (SSSR count). The largest absolute Gasteiger partial charge is 0.430 e. The fourth-order valence-corrected chi connectivity index (χ4v) is 0.862. The number of amidine groups is 1. The molecule has 0 heterocycles. The molecule has 0 amide bonds. The minimum atomic E-state index is -4.38. The van der Waals surface area contributed by atoms with E-state index < -0.39 is 11.9 Å². The second kappa shape index (κ2) is 6.27. The van der Waals surface area contributed by atoms with Crippen molar-refractivity contribution in [2.24, 2.45) is 4.99 Å². The Balaban J connectivity index is 4.74. The van der Waals surface area contributed by atoms with Gasteiger partial charge in [0.1, 0.15) is 11.5 Å². The first-order chi connectivity index (χ1) is 6.95. The molecule has 0 aromatic carbocycles. The number of halogens is 3. The highest BCUT2D eigenvalue weighted by atomic mass is 19.4. The molecule has 5 heteroatoms. The number of hydrogen-bond acceptors (Lipinski definition) is 1. The van der Waals surface area contributed by atoms with Crippen molar-refractivity contribution in [1.82, 2.24) is 5.32 Å². The standard InChI is InChI=1S/C10H15F3N2/c1-4-6-7-8(10(11,12)13)15-9(5-2)14-3/h5,7H,2,4,6H2,1,3H3,(H,14,15)/b8-7-. The fourth-order valence-electron chi connectivity index (χ4n) is 0.862. The number of allylic oxidation sites excluding steroid dienone is 2. The molecule has 0 aromatic heterocycles. The lowest BCUT2D eigenvalue weighted by Gasteiger charge is -2.13. The van der Waals surface area contributed by atoms with Crippen molar-refractivity contribution in [1.29, 1.82) is 0 Å². The monoisotopic (exact) mass is 220 g/mol. The van der Waals surface area contributed by atoms with E-state index in [1.807, 2.05) is 6.92 Å². The molecule has 0 aliphatic rings. The van der Waals surface area contributed by atoms with Crippen LogP contribution in [0.15, 0.2) is 29.4 Å². The van der Waals surface area contributed by atoms with Crippen LogP contribution >= 0.6 is 0 Å². The van der Waals surface area contributed by atoms with Crippen molar-refractivity contribution >= 4 is 5.84 Å². The van der Waals surface area contributed by atoms with Gasteiger partial charge in [-0.25, -0.2) is 0 Å². The lowest BCUT2D eigenvalue weighted by Crippen LogP contribution is -2.30. The van der Waals surface area contributed by atoms with Crippen molar-refractivity contribution in [3.05, 3.63) is 24.4 Å². The number of nitrogens with one attached hydrogen (secondary N) is 1.